The third kappa shape index (κ3) is 37.1. The summed E-state index contributed by atoms with van der Waals surface area (Å²) in [4.78, 5) is 27.4. The second-order valence-electron chi connectivity index (χ2n) is 18.0. The Kier molecular flexibility index (Phi) is 44.6. The van der Waals surface area contributed by atoms with Crippen LogP contribution in [0.5, 0.6) is 0 Å². The maximum atomic E-state index is 13.7. The Labute approximate surface area is 379 Å². The van der Waals surface area contributed by atoms with E-state index in [1.165, 1.54) is 141 Å². The van der Waals surface area contributed by atoms with Crippen molar-refractivity contribution in [2.24, 2.45) is 0 Å². The van der Waals surface area contributed by atoms with Crippen LogP contribution in [0.4, 0.5) is 0 Å². The molecule has 0 aliphatic heterocycles. The molecule has 0 rings (SSSR count). The standard InChI is InChI=1S/2C18H34O2.4C4H9.O.2Sn/c2*1-2-3-4-5-6-7-8-9-10-11-12-13-14-15-16-17-18(19)20;4*1-3-4-2;;;/h2*9-10H,2-8,11-17H2,1H3,(H,19,20);4*1,3-4H2,2H3;;;/q;;;;;;;2*+1/p-2/b2*10-9-;;;;;;;. The summed E-state index contributed by atoms with van der Waals surface area (Å²) in [5.74, 6) is -0.0900. The zero-order valence-electron chi connectivity index (χ0n) is 40.6. The van der Waals surface area contributed by atoms with Crippen molar-refractivity contribution >= 4 is 50.3 Å². The second kappa shape index (κ2) is 44.6. The molecule has 0 fully saturated rings. The molecule has 0 radical (unpaired) electrons. The van der Waals surface area contributed by atoms with Crippen LogP contribution in [-0.4, -0.2) is 50.3 Å². The molecule has 0 atom stereocenters. The van der Waals surface area contributed by atoms with E-state index >= 15 is 0 Å². The van der Waals surface area contributed by atoms with E-state index in [1.54, 1.807) is 0 Å². The second-order valence-corrected chi connectivity index (χ2v) is 39.7. The van der Waals surface area contributed by atoms with E-state index in [0.717, 1.165) is 94.8 Å². The molecule has 0 aliphatic rings. The van der Waals surface area contributed by atoms with Crippen molar-refractivity contribution < 1.29 is 17.1 Å². The Hall–Kier alpha value is -0.0226. The number of hydrogen-bond acceptors (Lipinski definition) is 5. The monoisotopic (exact) mass is 1050 g/mol. The number of hydrogen-bond donors (Lipinski definition) is 0. The summed E-state index contributed by atoms with van der Waals surface area (Å²) in [5, 5.41) is 0. The molecule has 0 saturated heterocycles. The Bertz CT molecular complexity index is 890. The van der Waals surface area contributed by atoms with Crippen LogP contribution in [0.1, 0.15) is 273 Å². The van der Waals surface area contributed by atoms with Gasteiger partial charge in [-0.15, -0.1) is 0 Å². The minimum absolute atomic E-state index is 0.0450. The van der Waals surface area contributed by atoms with Crippen molar-refractivity contribution in [2.75, 3.05) is 0 Å². The first-order valence-corrected chi connectivity index (χ1v) is 39.0. The van der Waals surface area contributed by atoms with Crippen LogP contribution in [0.25, 0.3) is 0 Å². The van der Waals surface area contributed by atoms with Crippen molar-refractivity contribution in [2.45, 2.75) is 290 Å². The molecule has 0 amide bonds. The van der Waals surface area contributed by atoms with Gasteiger partial charge < -0.3 is 0 Å². The van der Waals surface area contributed by atoms with Crippen molar-refractivity contribution in [3.63, 3.8) is 0 Å². The molecule has 0 N–H and O–H groups in total. The van der Waals surface area contributed by atoms with Gasteiger partial charge in [0.25, 0.3) is 0 Å². The van der Waals surface area contributed by atoms with Gasteiger partial charge in [-0.05, 0) is 12.8 Å². The molecule has 0 bridgehead atoms. The van der Waals surface area contributed by atoms with Gasteiger partial charge in [0.2, 0.25) is 0 Å². The molecular formula is C52H102O5Sn2. The van der Waals surface area contributed by atoms with Gasteiger partial charge in [-0.3, -0.25) is 0 Å². The predicted molar refractivity (Wildman–Crippen MR) is 263 cm³/mol. The molecule has 0 spiro atoms. The Balaban J connectivity index is 5.15. The summed E-state index contributed by atoms with van der Waals surface area (Å²) in [5.41, 5.74) is 0. The Morgan fingerprint density at radius 1 is 0.322 bits per heavy atom. The molecule has 0 aromatic heterocycles. The summed E-state index contributed by atoms with van der Waals surface area (Å²) in [6.07, 6.45) is 51.2. The minimum atomic E-state index is -3.93. The molecule has 0 aromatic carbocycles. The normalized spacial score (nSPS) is 12.3. The molecule has 59 heavy (non-hydrogen) atoms. The van der Waals surface area contributed by atoms with E-state index in [-0.39, 0.29) is 11.9 Å². The molecule has 0 unspecified atom stereocenters. The first-order chi connectivity index (χ1) is 28.9. The van der Waals surface area contributed by atoms with Crippen molar-refractivity contribution in [1.82, 2.24) is 0 Å². The molecule has 7 heteroatoms. The average Bonchev–Trinajstić information content (AvgIpc) is 3.23. The number of carbonyl (C=O) groups excluding carboxylic acids is 2. The van der Waals surface area contributed by atoms with Gasteiger partial charge in [-0.25, -0.2) is 0 Å². The van der Waals surface area contributed by atoms with E-state index in [9.17, 15) is 9.59 Å². The van der Waals surface area contributed by atoms with Crippen LogP contribution < -0.4 is 0 Å². The van der Waals surface area contributed by atoms with Gasteiger partial charge in [0.15, 0.2) is 0 Å². The van der Waals surface area contributed by atoms with Crippen LogP contribution in [-0.2, 0) is 17.1 Å². The first-order valence-electron chi connectivity index (χ1n) is 26.3. The fourth-order valence-electron chi connectivity index (χ4n) is 8.02. The van der Waals surface area contributed by atoms with Gasteiger partial charge in [0.1, 0.15) is 0 Å². The average molecular weight is 1040 g/mol. The smallest absolute Gasteiger partial charge is 0.0654 e. The van der Waals surface area contributed by atoms with Crippen LogP contribution in [0, 0.1) is 0 Å². The van der Waals surface area contributed by atoms with Crippen LogP contribution in [0.3, 0.4) is 0 Å². The van der Waals surface area contributed by atoms with Crippen LogP contribution in [0.2, 0.25) is 17.7 Å². The topological polar surface area (TPSA) is 61.8 Å². The zero-order chi connectivity index (χ0) is 43.4. The summed E-state index contributed by atoms with van der Waals surface area (Å²) in [6, 6.07) is 0. The van der Waals surface area contributed by atoms with Crippen molar-refractivity contribution in [3.05, 3.63) is 24.3 Å². The SMILES string of the molecule is CCCCCCCC/C=C\CCCCCCCC(=O)[O][Sn]([CH2]CCC)([CH2]CCC)[O][Sn]([CH2]CCC)([CH2]CCC)[O]C(=O)CCCCCCC/C=C\CCCCCCCC. The number of allylic oxidation sites excluding steroid dienone is 4. The van der Waals surface area contributed by atoms with Crippen LogP contribution >= 0.6 is 0 Å². The minimum Gasteiger partial charge on any atom is -0.0654 e. The Morgan fingerprint density at radius 2 is 0.559 bits per heavy atom. The molecule has 0 aliphatic carbocycles. The van der Waals surface area contributed by atoms with Gasteiger partial charge >= 0.3 is 291 Å². The number of unbranched alkanes of at least 4 members (excludes halogenated alkanes) is 26. The van der Waals surface area contributed by atoms with E-state index < -0.39 is 38.4 Å². The quantitative estimate of drug-likeness (QED) is 0.0345. The van der Waals surface area contributed by atoms with E-state index in [0.29, 0.717) is 12.8 Å². The number of carbonyl (C=O) groups is 2. The zero-order valence-corrected chi connectivity index (χ0v) is 46.3. The fraction of sp³-hybridized carbons (Fsp3) is 0.885. The molecular weight excluding hydrogens is 942 g/mol. The summed E-state index contributed by atoms with van der Waals surface area (Å²) in [7, 11) is 0. The van der Waals surface area contributed by atoms with Crippen LogP contribution in [0.15, 0.2) is 24.3 Å². The summed E-state index contributed by atoms with van der Waals surface area (Å²) in [6.45, 7) is 13.5. The Morgan fingerprint density at radius 3 is 0.831 bits per heavy atom. The fourth-order valence-corrected chi connectivity index (χ4v) is 49.5. The third-order valence-corrected chi connectivity index (χ3v) is 44.4. The molecule has 5 nitrogen and oxygen atoms in total. The van der Waals surface area contributed by atoms with Crippen molar-refractivity contribution in [1.29, 1.82) is 0 Å². The van der Waals surface area contributed by atoms with Gasteiger partial charge in [0, 0.05) is 0 Å². The van der Waals surface area contributed by atoms with E-state index in [2.05, 4.69) is 65.8 Å². The van der Waals surface area contributed by atoms with Gasteiger partial charge in [-0.2, -0.15) is 0 Å². The van der Waals surface area contributed by atoms with E-state index in [4.69, 9.17) is 7.56 Å². The molecule has 0 aromatic rings. The molecule has 0 heterocycles. The molecule has 0 saturated carbocycles. The first kappa shape index (κ1) is 59.0. The van der Waals surface area contributed by atoms with E-state index in [1.807, 2.05) is 0 Å². The van der Waals surface area contributed by atoms with Gasteiger partial charge in [-0.1, -0.05) is 78.1 Å². The van der Waals surface area contributed by atoms with Crippen molar-refractivity contribution in [3.8, 4) is 0 Å². The third-order valence-electron chi connectivity index (χ3n) is 11.9. The summed E-state index contributed by atoms with van der Waals surface area (Å²) < 4.78 is 24.6. The maximum absolute atomic E-state index is 13.7. The van der Waals surface area contributed by atoms with Gasteiger partial charge in [0.05, 0.1) is 0 Å². The summed E-state index contributed by atoms with van der Waals surface area (Å²) >= 11 is -7.87. The molecule has 348 valence electrons. The predicted octanol–water partition coefficient (Wildman–Crippen LogP) is 18.2. The number of rotatable bonds is 46.